The minimum atomic E-state index is -4.83. The normalized spacial score (nSPS) is 22.8. The Kier molecular flexibility index (Phi) is 12.0. The first-order valence-electron chi connectivity index (χ1n) is 11.7. The Morgan fingerprint density at radius 2 is 1.70 bits per heavy atom. The summed E-state index contributed by atoms with van der Waals surface area (Å²) in [4.78, 5) is 52.3. The third kappa shape index (κ3) is 9.21. The molecule has 19 heteroatoms. The van der Waals surface area contributed by atoms with Crippen LogP contribution in [-0.2, 0) is 41.8 Å². The lowest BCUT2D eigenvalue weighted by molar-refractivity contribution is -0.125. The Morgan fingerprint density at radius 3 is 2.17 bits per heavy atom. The number of hydrogen-bond donors (Lipinski definition) is 2. The highest BCUT2D eigenvalue weighted by Gasteiger charge is 2.57. The van der Waals surface area contributed by atoms with Gasteiger partial charge in [0.05, 0.1) is 25.4 Å². The van der Waals surface area contributed by atoms with Crippen LogP contribution in [-0.4, -0.2) is 90.5 Å². The molecule has 2 N–H and O–H groups in total. The number of nitrogens with one attached hydrogen (secondary N) is 1. The van der Waals surface area contributed by atoms with Crippen LogP contribution < -0.4 is 11.2 Å². The Balaban J connectivity index is 2.22. The van der Waals surface area contributed by atoms with Gasteiger partial charge >= 0.3 is 25.8 Å². The third-order valence-electron chi connectivity index (χ3n) is 4.88. The van der Waals surface area contributed by atoms with Gasteiger partial charge in [0, 0.05) is 12.3 Å². The minimum absolute atomic E-state index is 0.544. The van der Waals surface area contributed by atoms with E-state index in [0.29, 0.717) is 4.57 Å². The number of carbonyl (C=O) groups is 2. The van der Waals surface area contributed by atoms with Gasteiger partial charge in [-0.2, -0.15) is 0 Å². The van der Waals surface area contributed by atoms with E-state index in [0.717, 1.165) is 12.3 Å². The van der Waals surface area contributed by atoms with Crippen molar-refractivity contribution in [2.24, 2.45) is 4.99 Å². The number of H-pyrrole nitrogens is 1. The second kappa shape index (κ2) is 14.5. The summed E-state index contributed by atoms with van der Waals surface area (Å²) < 4.78 is 68.5. The Morgan fingerprint density at radius 1 is 1.15 bits per heavy atom. The fraction of sp³-hybridized carbons (Fsp3) is 0.667. The first kappa shape index (κ1) is 33.1. The summed E-state index contributed by atoms with van der Waals surface area (Å²) in [6, 6.07) is 0.927. The largest absolute Gasteiger partial charge is 0.510 e. The van der Waals surface area contributed by atoms with E-state index in [1.54, 1.807) is 27.7 Å². The molecule has 40 heavy (non-hydrogen) atoms. The van der Waals surface area contributed by atoms with Gasteiger partial charge in [0.2, 0.25) is 13.6 Å². The number of phosphoric acid groups is 1. The number of nitrogens with zero attached hydrogens (tertiary/aromatic N) is 2. The third-order valence-corrected chi connectivity index (χ3v) is 6.17. The molecule has 4 atom stereocenters. The van der Waals surface area contributed by atoms with E-state index < -0.39 is 94.4 Å². The average molecular weight is 599 g/mol. The summed E-state index contributed by atoms with van der Waals surface area (Å²) in [5, 5.41) is 10.7. The molecule has 17 nitrogen and oxygen atoms in total. The molecule has 1 aromatic rings. The zero-order valence-corrected chi connectivity index (χ0v) is 22.9. The molecular formula is C21H31FN3O14P. The molecule has 0 amide bonds. The summed E-state index contributed by atoms with van der Waals surface area (Å²) in [5.74, 6) is 0. The quantitative estimate of drug-likeness (QED) is 0.134. The molecule has 2 rings (SSSR count). The molecule has 0 saturated carbocycles. The molecule has 1 aromatic heterocycles. The van der Waals surface area contributed by atoms with Gasteiger partial charge in [-0.1, -0.05) is 0 Å². The van der Waals surface area contributed by atoms with Crippen LogP contribution in [0.1, 0.15) is 33.9 Å². The van der Waals surface area contributed by atoms with E-state index in [1.165, 1.54) is 0 Å². The lowest BCUT2D eigenvalue weighted by Gasteiger charge is -2.31. The molecular weight excluding hydrogens is 568 g/mol. The number of aromatic nitrogens is 2. The van der Waals surface area contributed by atoms with Crippen LogP contribution in [0.4, 0.5) is 14.0 Å². The number of alkyl halides is 1. The molecule has 0 unspecified atom stereocenters. The zero-order valence-electron chi connectivity index (χ0n) is 22.1. The van der Waals surface area contributed by atoms with Crippen molar-refractivity contribution in [2.75, 3.05) is 26.7 Å². The number of aromatic amines is 1. The van der Waals surface area contributed by atoms with Crippen LogP contribution in [0.25, 0.3) is 0 Å². The van der Waals surface area contributed by atoms with Crippen molar-refractivity contribution in [1.29, 1.82) is 0 Å². The van der Waals surface area contributed by atoms with E-state index in [4.69, 9.17) is 27.8 Å². The highest BCUT2D eigenvalue weighted by Crippen LogP contribution is 2.51. The van der Waals surface area contributed by atoms with E-state index in [1.807, 2.05) is 4.98 Å². The number of aliphatic imine (C=N–C) groups is 1. The molecule has 0 aromatic carbocycles. The summed E-state index contributed by atoms with van der Waals surface area (Å²) in [6.45, 7) is 5.88. The molecule has 2 heterocycles. The number of aliphatic hydroxyl groups is 1. The second-order valence-corrected chi connectivity index (χ2v) is 10.4. The Labute approximate surface area is 226 Å². The molecule has 0 aliphatic carbocycles. The monoisotopic (exact) mass is 599 g/mol. The molecule has 1 fully saturated rings. The van der Waals surface area contributed by atoms with Gasteiger partial charge in [-0.3, -0.25) is 23.9 Å². The van der Waals surface area contributed by atoms with Crippen LogP contribution in [0.15, 0.2) is 26.8 Å². The maximum atomic E-state index is 15.2. The van der Waals surface area contributed by atoms with Gasteiger partial charge < -0.3 is 28.8 Å². The topological polar surface area (TPSA) is 212 Å². The van der Waals surface area contributed by atoms with Gasteiger partial charge in [-0.25, -0.2) is 32.4 Å². The summed E-state index contributed by atoms with van der Waals surface area (Å²) >= 11 is 0. The maximum Gasteiger partial charge on any atom is 0.510 e. The van der Waals surface area contributed by atoms with E-state index >= 15 is 4.39 Å². The van der Waals surface area contributed by atoms with Crippen molar-refractivity contribution < 1.29 is 60.9 Å². The Hall–Kier alpha value is -3.15. The fourth-order valence-electron chi connectivity index (χ4n) is 3.18. The molecule has 0 bridgehead atoms. The Bertz CT molecular complexity index is 1160. The molecule has 0 radical (unpaired) electrons. The number of aliphatic hydroxyl groups excluding tert-OH is 1. The lowest BCUT2D eigenvalue weighted by atomic mass is 9.97. The van der Waals surface area contributed by atoms with Crippen LogP contribution in [0.5, 0.6) is 0 Å². The van der Waals surface area contributed by atoms with Crippen LogP contribution in [0, 0.1) is 0 Å². The summed E-state index contributed by atoms with van der Waals surface area (Å²) in [6.07, 6.45) is -8.59. The van der Waals surface area contributed by atoms with Crippen molar-refractivity contribution in [3.63, 3.8) is 0 Å². The van der Waals surface area contributed by atoms with Crippen LogP contribution >= 0.6 is 7.82 Å². The maximum absolute atomic E-state index is 15.2. The predicted octanol–water partition coefficient (Wildman–Crippen LogP) is 1.40. The number of carbonyl (C=O) groups excluding carboxylic acids is 2. The predicted molar refractivity (Wildman–Crippen MR) is 130 cm³/mol. The molecule has 0 spiro atoms. The number of halogens is 1. The highest BCUT2D eigenvalue weighted by molar-refractivity contribution is 7.48. The molecule has 1 aliphatic rings. The molecule has 226 valence electrons. The number of ether oxygens (including phenoxy) is 5. The highest BCUT2D eigenvalue weighted by atomic mass is 31.2. The first-order valence-corrected chi connectivity index (χ1v) is 13.1. The van der Waals surface area contributed by atoms with Gasteiger partial charge in [0.15, 0.2) is 12.4 Å². The second-order valence-electron chi connectivity index (χ2n) is 8.70. The average Bonchev–Trinajstić information content (AvgIpc) is 3.08. The van der Waals surface area contributed by atoms with Crippen LogP contribution in [0.3, 0.4) is 0 Å². The summed E-state index contributed by atoms with van der Waals surface area (Å²) in [7, 11) is -4.83. The smallest absolute Gasteiger partial charge is 0.432 e. The number of phosphoric ester groups is 1. The van der Waals surface area contributed by atoms with Gasteiger partial charge in [-0.15, -0.1) is 0 Å². The zero-order chi connectivity index (χ0) is 30.1. The van der Waals surface area contributed by atoms with E-state index in [2.05, 4.69) is 21.2 Å². The SMILES string of the molecule is C=NC[C@]1(COP(=O)(OCOC(=O)OC(C)C)OCOC(=O)OC(C)C)O[C@@H](n2ccc(=O)[nH]c2=O)[C@H](F)[C@@H]1O. The van der Waals surface area contributed by atoms with Crippen molar-refractivity contribution >= 4 is 26.9 Å². The lowest BCUT2D eigenvalue weighted by Crippen LogP contribution is -2.48. The van der Waals surface area contributed by atoms with Gasteiger partial charge in [-0.05, 0) is 34.4 Å². The van der Waals surface area contributed by atoms with Crippen molar-refractivity contribution in [3.05, 3.63) is 33.1 Å². The molecule has 1 aliphatic heterocycles. The van der Waals surface area contributed by atoms with E-state index in [-0.39, 0.29) is 0 Å². The van der Waals surface area contributed by atoms with Crippen molar-refractivity contribution in [1.82, 2.24) is 9.55 Å². The summed E-state index contributed by atoms with van der Waals surface area (Å²) in [5.41, 5.74) is -3.91. The number of rotatable bonds is 14. The standard InChI is InChI=1S/C21H31FN3O14P/c1-12(2)37-19(29)32-10-35-40(31,36-11-33-20(30)38-13(3)4)34-9-21(8-23-5)16(27)15(22)17(39-21)25-7-6-14(26)24-18(25)28/h6-7,12-13,15-17,27H,5,8-11H2,1-4H3,(H,24,26,28)/t15-,16+,17-,21-/m1/s1. The van der Waals surface area contributed by atoms with Gasteiger partial charge in [0.25, 0.3) is 5.56 Å². The van der Waals surface area contributed by atoms with Gasteiger partial charge in [0.1, 0.15) is 11.7 Å². The van der Waals surface area contributed by atoms with Crippen LogP contribution in [0.2, 0.25) is 0 Å². The molecule has 1 saturated heterocycles. The van der Waals surface area contributed by atoms with E-state index in [9.17, 15) is 28.8 Å². The van der Waals surface area contributed by atoms with Crippen molar-refractivity contribution in [2.45, 2.75) is 64.0 Å². The minimum Gasteiger partial charge on any atom is -0.432 e. The van der Waals surface area contributed by atoms with Crippen molar-refractivity contribution in [3.8, 4) is 0 Å². The number of hydrogen-bond acceptors (Lipinski definition) is 15. The first-order chi connectivity index (χ1) is 18.7. The fourth-order valence-corrected chi connectivity index (χ4v) is 4.14.